The molecule has 1 unspecified atom stereocenters. The number of benzene rings is 2. The molecule has 21 heavy (non-hydrogen) atoms. The Morgan fingerprint density at radius 1 is 1.19 bits per heavy atom. The minimum atomic E-state index is -0.921. The van der Waals surface area contributed by atoms with Crippen LogP contribution in [-0.4, -0.2) is 18.2 Å². The molecule has 1 atom stereocenters. The molecule has 3 nitrogen and oxygen atoms in total. The van der Waals surface area contributed by atoms with E-state index in [4.69, 9.17) is 27.9 Å². The lowest BCUT2D eigenvalue weighted by molar-refractivity contribution is -0.138. The largest absolute Gasteiger partial charge is 0.495 e. The molecule has 0 aromatic heterocycles. The Morgan fingerprint density at radius 2 is 1.90 bits per heavy atom. The number of rotatable bonds is 5. The molecule has 0 saturated heterocycles. The van der Waals surface area contributed by atoms with Gasteiger partial charge in [0.15, 0.2) is 0 Å². The molecule has 1 N–H and O–H groups in total. The number of ether oxygens (including phenoxy) is 1. The van der Waals surface area contributed by atoms with E-state index < -0.39 is 11.9 Å². The Kier molecular flexibility index (Phi) is 5.10. The Morgan fingerprint density at radius 3 is 2.48 bits per heavy atom. The maximum absolute atomic E-state index is 11.5. The van der Waals surface area contributed by atoms with Gasteiger partial charge in [0, 0.05) is 5.02 Å². The molecule has 2 aromatic rings. The fourth-order valence-corrected chi connectivity index (χ4v) is 2.71. The molecule has 2 rings (SSSR count). The molecule has 110 valence electrons. The van der Waals surface area contributed by atoms with Crippen LogP contribution >= 0.6 is 23.2 Å². The first-order valence-electron chi connectivity index (χ1n) is 6.32. The zero-order valence-corrected chi connectivity index (χ0v) is 12.9. The van der Waals surface area contributed by atoms with Crippen LogP contribution in [0.5, 0.6) is 5.75 Å². The normalized spacial score (nSPS) is 12.0. The van der Waals surface area contributed by atoms with Crippen LogP contribution in [0.25, 0.3) is 0 Å². The summed E-state index contributed by atoms with van der Waals surface area (Å²) in [5, 5.41) is 10.4. The summed E-state index contributed by atoms with van der Waals surface area (Å²) >= 11 is 12.2. The fourth-order valence-electron chi connectivity index (χ4n) is 2.16. The van der Waals surface area contributed by atoms with Gasteiger partial charge in [-0.2, -0.15) is 0 Å². The standard InChI is InChI=1S/C16H14Cl2O3/c1-21-15-7-6-10(9-14(15)18)8-12(16(19)20)11-4-2-3-5-13(11)17/h2-7,9,12H,8H2,1H3,(H,19,20). The lowest BCUT2D eigenvalue weighted by atomic mass is 9.92. The average molecular weight is 325 g/mol. The topological polar surface area (TPSA) is 46.5 Å². The van der Waals surface area contributed by atoms with Crippen molar-refractivity contribution in [3.05, 3.63) is 63.6 Å². The van der Waals surface area contributed by atoms with Gasteiger partial charge in [0.1, 0.15) is 5.75 Å². The van der Waals surface area contributed by atoms with Crippen molar-refractivity contribution in [2.75, 3.05) is 7.11 Å². The smallest absolute Gasteiger partial charge is 0.311 e. The third-order valence-corrected chi connectivity index (χ3v) is 3.87. The molecule has 0 aliphatic heterocycles. The third-order valence-electron chi connectivity index (χ3n) is 3.23. The van der Waals surface area contributed by atoms with Gasteiger partial charge in [0.05, 0.1) is 18.1 Å². The first-order chi connectivity index (χ1) is 10.0. The van der Waals surface area contributed by atoms with Crippen molar-refractivity contribution >= 4 is 29.2 Å². The highest BCUT2D eigenvalue weighted by atomic mass is 35.5. The second-order valence-electron chi connectivity index (χ2n) is 4.59. The van der Waals surface area contributed by atoms with Crippen molar-refractivity contribution in [1.82, 2.24) is 0 Å². The number of hydrogen-bond acceptors (Lipinski definition) is 2. The number of carboxylic acids is 1. The first kappa shape index (κ1) is 15.7. The SMILES string of the molecule is COc1ccc(CC(C(=O)O)c2ccccc2Cl)cc1Cl. The zero-order valence-electron chi connectivity index (χ0n) is 11.3. The second-order valence-corrected chi connectivity index (χ2v) is 5.40. The number of carboxylic acid groups (broad SMARTS) is 1. The van der Waals surface area contributed by atoms with E-state index in [1.807, 2.05) is 0 Å². The van der Waals surface area contributed by atoms with Crippen molar-refractivity contribution in [3.8, 4) is 5.75 Å². The van der Waals surface area contributed by atoms with Gasteiger partial charge in [0.2, 0.25) is 0 Å². The molecule has 0 amide bonds. The molecule has 0 aliphatic rings. The summed E-state index contributed by atoms with van der Waals surface area (Å²) < 4.78 is 5.09. The van der Waals surface area contributed by atoms with Gasteiger partial charge in [-0.3, -0.25) is 4.79 Å². The van der Waals surface area contributed by atoms with E-state index in [0.717, 1.165) is 5.56 Å². The third kappa shape index (κ3) is 3.69. The van der Waals surface area contributed by atoms with Gasteiger partial charge in [-0.15, -0.1) is 0 Å². The van der Waals surface area contributed by atoms with E-state index in [9.17, 15) is 9.90 Å². The van der Waals surface area contributed by atoms with Crippen molar-refractivity contribution in [2.24, 2.45) is 0 Å². The summed E-state index contributed by atoms with van der Waals surface area (Å²) in [6.07, 6.45) is 0.308. The van der Waals surface area contributed by atoms with E-state index in [-0.39, 0.29) is 0 Å². The number of halogens is 2. The Balaban J connectivity index is 2.31. The summed E-state index contributed by atoms with van der Waals surface area (Å²) in [5.74, 6) is -1.08. The predicted octanol–water partition coefficient (Wildman–Crippen LogP) is 4.41. The number of methoxy groups -OCH3 is 1. The Bertz CT molecular complexity index is 656. The molecule has 0 spiro atoms. The summed E-state index contributed by atoms with van der Waals surface area (Å²) in [6, 6.07) is 12.2. The van der Waals surface area contributed by atoms with Gasteiger partial charge >= 0.3 is 5.97 Å². The quantitative estimate of drug-likeness (QED) is 0.885. The minimum absolute atomic E-state index is 0.308. The van der Waals surface area contributed by atoms with Crippen molar-refractivity contribution in [3.63, 3.8) is 0 Å². The Hall–Kier alpha value is -1.71. The van der Waals surface area contributed by atoms with Crippen molar-refractivity contribution in [1.29, 1.82) is 0 Å². The fraction of sp³-hybridized carbons (Fsp3) is 0.188. The highest BCUT2D eigenvalue weighted by Crippen LogP contribution is 2.31. The molecule has 0 bridgehead atoms. The van der Waals surface area contributed by atoms with Crippen LogP contribution < -0.4 is 4.74 Å². The number of carbonyl (C=O) groups is 1. The summed E-state index contributed by atoms with van der Waals surface area (Å²) in [6.45, 7) is 0. The van der Waals surface area contributed by atoms with Crippen LogP contribution in [0.15, 0.2) is 42.5 Å². The molecule has 5 heteroatoms. The molecule has 0 heterocycles. The minimum Gasteiger partial charge on any atom is -0.495 e. The molecular weight excluding hydrogens is 311 g/mol. The van der Waals surface area contributed by atoms with E-state index in [0.29, 0.717) is 27.8 Å². The lowest BCUT2D eigenvalue weighted by Gasteiger charge is -2.15. The maximum Gasteiger partial charge on any atom is 0.311 e. The monoisotopic (exact) mass is 324 g/mol. The molecule has 0 fully saturated rings. The van der Waals surface area contributed by atoms with E-state index in [2.05, 4.69) is 0 Å². The van der Waals surface area contributed by atoms with Crippen LogP contribution in [0.2, 0.25) is 10.0 Å². The van der Waals surface area contributed by atoms with Gasteiger partial charge in [-0.1, -0.05) is 47.5 Å². The second kappa shape index (κ2) is 6.83. The Labute approximate surface area is 133 Å². The maximum atomic E-state index is 11.5. The zero-order chi connectivity index (χ0) is 15.4. The van der Waals surface area contributed by atoms with Crippen LogP contribution in [0.1, 0.15) is 17.0 Å². The predicted molar refractivity (Wildman–Crippen MR) is 83.5 cm³/mol. The van der Waals surface area contributed by atoms with Crippen LogP contribution in [0, 0.1) is 0 Å². The lowest BCUT2D eigenvalue weighted by Crippen LogP contribution is -2.15. The number of aliphatic carboxylic acids is 1. The molecule has 0 saturated carbocycles. The van der Waals surface area contributed by atoms with E-state index >= 15 is 0 Å². The summed E-state index contributed by atoms with van der Waals surface area (Å²) in [4.78, 5) is 11.5. The van der Waals surface area contributed by atoms with Crippen molar-refractivity contribution < 1.29 is 14.6 Å². The van der Waals surface area contributed by atoms with Crippen LogP contribution in [0.4, 0.5) is 0 Å². The number of hydrogen-bond donors (Lipinski definition) is 1. The van der Waals surface area contributed by atoms with Gasteiger partial charge in [-0.25, -0.2) is 0 Å². The van der Waals surface area contributed by atoms with E-state index in [1.165, 1.54) is 7.11 Å². The van der Waals surface area contributed by atoms with Crippen LogP contribution in [0.3, 0.4) is 0 Å². The highest BCUT2D eigenvalue weighted by Gasteiger charge is 2.22. The molecule has 0 aliphatic carbocycles. The molecular formula is C16H14Cl2O3. The van der Waals surface area contributed by atoms with Crippen molar-refractivity contribution in [2.45, 2.75) is 12.3 Å². The average Bonchev–Trinajstić information content (AvgIpc) is 2.45. The summed E-state index contributed by atoms with van der Waals surface area (Å²) in [5.41, 5.74) is 1.41. The summed E-state index contributed by atoms with van der Waals surface area (Å²) in [7, 11) is 1.53. The first-order valence-corrected chi connectivity index (χ1v) is 7.08. The van der Waals surface area contributed by atoms with Crippen LogP contribution in [-0.2, 0) is 11.2 Å². The molecule has 2 aromatic carbocycles. The molecule has 0 radical (unpaired) electrons. The van der Waals surface area contributed by atoms with E-state index in [1.54, 1.807) is 42.5 Å². The van der Waals surface area contributed by atoms with Gasteiger partial charge in [0.25, 0.3) is 0 Å². The highest BCUT2D eigenvalue weighted by molar-refractivity contribution is 6.32. The van der Waals surface area contributed by atoms with Gasteiger partial charge in [-0.05, 0) is 35.7 Å². The van der Waals surface area contributed by atoms with Gasteiger partial charge < -0.3 is 9.84 Å².